The number of urea groups is 1. The van der Waals surface area contributed by atoms with E-state index in [1.807, 2.05) is 17.8 Å². The summed E-state index contributed by atoms with van der Waals surface area (Å²) < 4.78 is 0. The van der Waals surface area contributed by atoms with E-state index in [1.54, 1.807) is 0 Å². The molecule has 2 N–H and O–H groups in total. The number of hydrogen-bond donors (Lipinski definition) is 2. The second-order valence-electron chi connectivity index (χ2n) is 8.76. The highest BCUT2D eigenvalue weighted by Crippen LogP contribution is 2.37. The lowest BCUT2D eigenvalue weighted by atomic mass is 9.90. The molecule has 0 aliphatic carbocycles. The summed E-state index contributed by atoms with van der Waals surface area (Å²) in [5.74, 6) is 1.21. The minimum absolute atomic E-state index is 0.0375. The third-order valence-corrected chi connectivity index (χ3v) is 8.42. The van der Waals surface area contributed by atoms with Gasteiger partial charge in [0, 0.05) is 23.0 Å². The Balaban J connectivity index is 1.18. The number of fused-ring (bicyclic) bond motifs is 1. The number of amides is 2. The van der Waals surface area contributed by atoms with Crippen LogP contribution in [0.1, 0.15) is 36.0 Å². The third-order valence-electron chi connectivity index (χ3n) is 6.91. The van der Waals surface area contributed by atoms with Gasteiger partial charge in [0.25, 0.3) is 0 Å². The fourth-order valence-electron chi connectivity index (χ4n) is 5.39. The summed E-state index contributed by atoms with van der Waals surface area (Å²) in [5.41, 5.74) is 0.841. The number of Topliss-reactive ketones (excluding diaryl/α,β-unsaturated/α-hetero) is 1. The molecule has 2 heterocycles. The van der Waals surface area contributed by atoms with Crippen molar-refractivity contribution < 1.29 is 9.59 Å². The van der Waals surface area contributed by atoms with Crippen molar-refractivity contribution in [3.63, 3.8) is 0 Å². The largest absolute Gasteiger partial charge is 0.332 e. The Morgan fingerprint density at radius 1 is 0.903 bits per heavy atom. The Bertz CT molecular complexity index is 1300. The van der Waals surface area contributed by atoms with Crippen LogP contribution in [0.2, 0.25) is 0 Å². The quantitative estimate of drug-likeness (QED) is 0.185. The van der Waals surface area contributed by atoms with Crippen LogP contribution in [-0.4, -0.2) is 34.9 Å². The molecular weight excluding hydrogens is 404 g/mol. The van der Waals surface area contributed by atoms with Gasteiger partial charge in [0.05, 0.1) is 12.1 Å². The minimum Gasteiger partial charge on any atom is -0.332 e. The van der Waals surface area contributed by atoms with Gasteiger partial charge in [0.1, 0.15) is 0 Å². The molecular formula is C26H24N2O2S. The number of carbonyl (C=O) groups excluding carboxylic acids is 2. The molecule has 2 saturated heterocycles. The normalized spacial score (nSPS) is 22.8. The molecule has 2 aliphatic heterocycles. The number of hydrogen-bond acceptors (Lipinski definition) is 3. The highest BCUT2D eigenvalue weighted by Gasteiger charge is 2.42. The number of nitrogens with one attached hydrogen (secondary N) is 2. The molecule has 5 heteroatoms. The molecule has 2 amide bonds. The molecule has 0 aromatic heterocycles. The van der Waals surface area contributed by atoms with Crippen LogP contribution in [0.4, 0.5) is 4.79 Å². The molecule has 156 valence electrons. The lowest BCUT2D eigenvalue weighted by Crippen LogP contribution is -2.36. The van der Waals surface area contributed by atoms with Crippen LogP contribution >= 0.6 is 11.8 Å². The summed E-state index contributed by atoms with van der Waals surface area (Å²) >= 11 is 1.94. The molecule has 0 radical (unpaired) electrons. The van der Waals surface area contributed by atoms with Gasteiger partial charge in [-0.3, -0.25) is 4.79 Å². The summed E-state index contributed by atoms with van der Waals surface area (Å²) in [4.78, 5) is 24.7. The zero-order chi connectivity index (χ0) is 20.9. The van der Waals surface area contributed by atoms with Gasteiger partial charge < -0.3 is 10.6 Å². The summed E-state index contributed by atoms with van der Waals surface area (Å²) in [6.45, 7) is 0. The Labute approximate surface area is 185 Å². The number of ketones is 1. The maximum atomic E-state index is 13.1. The van der Waals surface area contributed by atoms with Gasteiger partial charge >= 0.3 is 6.03 Å². The van der Waals surface area contributed by atoms with Gasteiger partial charge in [-0.05, 0) is 45.2 Å². The van der Waals surface area contributed by atoms with Crippen LogP contribution < -0.4 is 10.6 Å². The Hall–Kier alpha value is -2.79. The van der Waals surface area contributed by atoms with Crippen molar-refractivity contribution in [3.05, 3.63) is 60.2 Å². The molecule has 6 rings (SSSR count). The number of thioether (sulfide) groups is 1. The van der Waals surface area contributed by atoms with Crippen molar-refractivity contribution in [1.29, 1.82) is 0 Å². The fraction of sp³-hybridized carbons (Fsp3) is 0.308. The van der Waals surface area contributed by atoms with E-state index in [2.05, 4.69) is 59.2 Å². The molecule has 0 saturated carbocycles. The fourth-order valence-corrected chi connectivity index (χ4v) is 6.93. The summed E-state index contributed by atoms with van der Waals surface area (Å²) in [5, 5.41) is 13.7. The Morgan fingerprint density at radius 3 is 2.48 bits per heavy atom. The van der Waals surface area contributed by atoms with Gasteiger partial charge in [-0.1, -0.05) is 61.0 Å². The summed E-state index contributed by atoms with van der Waals surface area (Å²) in [6, 6.07) is 19.5. The minimum atomic E-state index is -0.0375. The first-order valence-electron chi connectivity index (χ1n) is 11.1. The second-order valence-corrected chi connectivity index (χ2v) is 10.0. The van der Waals surface area contributed by atoms with Crippen molar-refractivity contribution in [1.82, 2.24) is 10.6 Å². The van der Waals surface area contributed by atoms with E-state index in [9.17, 15) is 9.59 Å². The predicted octanol–water partition coefficient (Wildman–Crippen LogP) is 5.49. The first-order chi connectivity index (χ1) is 15.2. The van der Waals surface area contributed by atoms with Crippen LogP contribution in [0.3, 0.4) is 0 Å². The predicted molar refractivity (Wildman–Crippen MR) is 128 cm³/mol. The molecule has 4 aromatic carbocycles. The van der Waals surface area contributed by atoms with Crippen molar-refractivity contribution in [2.24, 2.45) is 0 Å². The highest BCUT2D eigenvalue weighted by molar-refractivity contribution is 8.00. The highest BCUT2D eigenvalue weighted by atomic mass is 32.2. The zero-order valence-corrected chi connectivity index (χ0v) is 18.0. The molecule has 0 bridgehead atoms. The van der Waals surface area contributed by atoms with Crippen LogP contribution in [0, 0.1) is 0 Å². The van der Waals surface area contributed by atoms with E-state index in [4.69, 9.17) is 0 Å². The molecule has 4 aromatic rings. The van der Waals surface area contributed by atoms with Crippen LogP contribution in [0.25, 0.3) is 32.3 Å². The van der Waals surface area contributed by atoms with E-state index >= 15 is 0 Å². The van der Waals surface area contributed by atoms with Crippen LogP contribution in [0.15, 0.2) is 54.6 Å². The Kier molecular flexibility index (Phi) is 4.53. The maximum Gasteiger partial charge on any atom is 0.315 e. The molecule has 0 spiro atoms. The Morgan fingerprint density at radius 2 is 1.65 bits per heavy atom. The average Bonchev–Trinajstić information content (AvgIpc) is 3.34. The first kappa shape index (κ1) is 18.9. The van der Waals surface area contributed by atoms with Gasteiger partial charge in [-0.2, -0.15) is 11.8 Å². The summed E-state index contributed by atoms with van der Waals surface area (Å²) in [6.07, 6.45) is 3.50. The molecule has 31 heavy (non-hydrogen) atoms. The molecule has 3 atom stereocenters. The number of carbonyl (C=O) groups is 2. The average molecular weight is 429 g/mol. The first-order valence-corrected chi connectivity index (χ1v) is 12.1. The van der Waals surface area contributed by atoms with Gasteiger partial charge in [0.2, 0.25) is 0 Å². The number of benzene rings is 4. The van der Waals surface area contributed by atoms with Crippen molar-refractivity contribution in [2.75, 3.05) is 5.75 Å². The van der Waals surface area contributed by atoms with Crippen molar-refractivity contribution >= 4 is 55.9 Å². The third kappa shape index (κ3) is 3.14. The number of rotatable bonds is 6. The molecule has 4 nitrogen and oxygen atoms in total. The van der Waals surface area contributed by atoms with E-state index in [0.717, 1.165) is 36.0 Å². The maximum absolute atomic E-state index is 13.1. The van der Waals surface area contributed by atoms with Crippen molar-refractivity contribution in [3.8, 4) is 0 Å². The lowest BCUT2D eigenvalue weighted by molar-refractivity contribution is 0.0980. The standard InChI is InChI=1S/C26H24N2O2S/c29-21(6-1-2-7-22-25-20(14-31-22)27-26(30)28-25)18-12-10-17-9-8-15-4-3-5-16-11-13-19(18)24(17)23(15)16/h3-5,8-13,20,22,25H,1-2,6-7,14H2,(H2,27,28,30)/t20-,22-,25-/m0/s1. The van der Waals surface area contributed by atoms with Gasteiger partial charge in [-0.25, -0.2) is 4.79 Å². The van der Waals surface area contributed by atoms with E-state index in [-0.39, 0.29) is 23.9 Å². The SMILES string of the molecule is O=C1N[C@H]2[C@H](CS[C@H]2CCCCC(=O)c2ccc3ccc4cccc5ccc2c3c45)N1. The monoisotopic (exact) mass is 428 g/mol. The molecule has 2 fully saturated rings. The van der Waals surface area contributed by atoms with Crippen LogP contribution in [-0.2, 0) is 0 Å². The van der Waals surface area contributed by atoms with Crippen LogP contribution in [0.5, 0.6) is 0 Å². The van der Waals surface area contributed by atoms with E-state index < -0.39 is 0 Å². The topological polar surface area (TPSA) is 58.2 Å². The smallest absolute Gasteiger partial charge is 0.315 e. The van der Waals surface area contributed by atoms with Crippen molar-refractivity contribution in [2.45, 2.75) is 43.0 Å². The number of unbranched alkanes of at least 4 members (excludes halogenated alkanes) is 1. The second kappa shape index (κ2) is 7.41. The molecule has 2 aliphatic rings. The summed E-state index contributed by atoms with van der Waals surface area (Å²) in [7, 11) is 0. The lowest BCUT2D eigenvalue weighted by Gasteiger charge is -2.16. The van der Waals surface area contributed by atoms with Gasteiger partial charge in [-0.15, -0.1) is 0 Å². The van der Waals surface area contributed by atoms with E-state index in [1.165, 1.54) is 26.9 Å². The molecule has 0 unspecified atom stereocenters. The zero-order valence-electron chi connectivity index (χ0n) is 17.2. The van der Waals surface area contributed by atoms with E-state index in [0.29, 0.717) is 11.7 Å². The van der Waals surface area contributed by atoms with Gasteiger partial charge in [0.15, 0.2) is 5.78 Å².